The van der Waals surface area contributed by atoms with Crippen molar-refractivity contribution < 1.29 is 14.3 Å². The van der Waals surface area contributed by atoms with Gasteiger partial charge < -0.3 is 10.1 Å². The molecule has 0 bridgehead atoms. The van der Waals surface area contributed by atoms with E-state index in [-0.39, 0.29) is 11.9 Å². The lowest BCUT2D eigenvalue weighted by molar-refractivity contribution is -0.113. The Balaban J connectivity index is 1.89. The summed E-state index contributed by atoms with van der Waals surface area (Å²) >= 11 is 4.92. The number of amides is 1. The van der Waals surface area contributed by atoms with Crippen molar-refractivity contribution in [3.8, 4) is 0 Å². The van der Waals surface area contributed by atoms with Gasteiger partial charge in [0, 0.05) is 15.1 Å². The van der Waals surface area contributed by atoms with Gasteiger partial charge in [-0.1, -0.05) is 15.9 Å². The Morgan fingerprint density at radius 2 is 1.88 bits per heavy atom. The summed E-state index contributed by atoms with van der Waals surface area (Å²) in [6, 6.07) is 12.6. The maximum atomic E-state index is 12.1. The Hall–Kier alpha value is -1.79. The molecule has 2 aromatic carbocycles. The number of hydrogen-bond acceptors (Lipinski definition) is 4. The number of carbonyl (C=O) groups excluding carboxylic acids is 2. The fourth-order valence-corrected chi connectivity index (χ4v) is 3.30. The Kier molecular flexibility index (Phi) is 6.87. The van der Waals surface area contributed by atoms with Gasteiger partial charge in [-0.3, -0.25) is 4.79 Å². The number of rotatable bonds is 6. The second-order valence-electron chi connectivity index (χ2n) is 5.04. The number of nitrogens with one attached hydrogen (secondary N) is 1. The second kappa shape index (κ2) is 8.89. The molecule has 0 aliphatic heterocycles. The van der Waals surface area contributed by atoms with E-state index in [9.17, 15) is 9.59 Å². The molecule has 24 heavy (non-hydrogen) atoms. The number of carbonyl (C=O) groups is 2. The molecule has 1 N–H and O–H groups in total. The van der Waals surface area contributed by atoms with Crippen LogP contribution in [0.15, 0.2) is 51.8 Å². The van der Waals surface area contributed by atoms with Crippen molar-refractivity contribution in [2.45, 2.75) is 18.7 Å². The number of halogens is 1. The molecule has 0 aliphatic rings. The summed E-state index contributed by atoms with van der Waals surface area (Å²) in [6.07, 6.45) is 0. The fourth-order valence-electron chi connectivity index (χ4n) is 2.02. The molecule has 0 spiro atoms. The van der Waals surface area contributed by atoms with Crippen molar-refractivity contribution >= 4 is 45.3 Å². The third-order valence-corrected chi connectivity index (χ3v) is 4.84. The van der Waals surface area contributed by atoms with Crippen molar-refractivity contribution in [2.75, 3.05) is 17.7 Å². The maximum Gasteiger partial charge on any atom is 0.338 e. The van der Waals surface area contributed by atoms with Crippen LogP contribution < -0.4 is 5.32 Å². The first-order chi connectivity index (χ1) is 11.5. The predicted molar refractivity (Wildman–Crippen MR) is 101 cm³/mol. The molecule has 4 nitrogen and oxygen atoms in total. The normalized spacial score (nSPS) is 10.3. The van der Waals surface area contributed by atoms with E-state index < -0.39 is 0 Å². The first kappa shape index (κ1) is 18.5. The number of thioether (sulfide) groups is 1. The molecule has 0 atom stereocenters. The Bertz CT molecular complexity index is 732. The van der Waals surface area contributed by atoms with Gasteiger partial charge in [-0.2, -0.15) is 0 Å². The standard InChI is InChI=1S/C18H18BrNO3S/c1-3-23-18(22)13-4-7-15(8-5-13)20-17(21)11-24-16-9-6-14(19)10-12(16)2/h4-10H,3,11H2,1-2H3,(H,20,21). The van der Waals surface area contributed by atoms with Gasteiger partial charge in [0.05, 0.1) is 17.9 Å². The molecule has 0 heterocycles. The molecule has 0 saturated heterocycles. The van der Waals surface area contributed by atoms with Gasteiger partial charge in [0.25, 0.3) is 0 Å². The largest absolute Gasteiger partial charge is 0.462 e. The summed E-state index contributed by atoms with van der Waals surface area (Å²) in [7, 11) is 0. The third-order valence-electron chi connectivity index (χ3n) is 3.18. The van der Waals surface area contributed by atoms with Crippen LogP contribution >= 0.6 is 27.7 Å². The minimum absolute atomic E-state index is 0.0915. The van der Waals surface area contributed by atoms with Gasteiger partial charge in [-0.15, -0.1) is 11.8 Å². The molecule has 2 aromatic rings. The van der Waals surface area contributed by atoms with Crippen LogP contribution in [0.5, 0.6) is 0 Å². The maximum absolute atomic E-state index is 12.1. The van der Waals surface area contributed by atoms with Crippen molar-refractivity contribution in [3.63, 3.8) is 0 Å². The van der Waals surface area contributed by atoms with Crippen molar-refractivity contribution in [2.24, 2.45) is 0 Å². The Labute approximate surface area is 154 Å². The van der Waals surface area contributed by atoms with E-state index in [1.165, 1.54) is 11.8 Å². The monoisotopic (exact) mass is 407 g/mol. The molecule has 0 unspecified atom stereocenters. The molecule has 0 aliphatic carbocycles. The Morgan fingerprint density at radius 1 is 1.17 bits per heavy atom. The van der Waals surface area contributed by atoms with E-state index in [1.54, 1.807) is 31.2 Å². The summed E-state index contributed by atoms with van der Waals surface area (Å²) in [4.78, 5) is 24.7. The van der Waals surface area contributed by atoms with Crippen molar-refractivity contribution in [1.82, 2.24) is 0 Å². The first-order valence-electron chi connectivity index (χ1n) is 7.45. The van der Waals surface area contributed by atoms with Crippen LogP contribution in [-0.2, 0) is 9.53 Å². The van der Waals surface area contributed by atoms with Crippen LogP contribution in [0.4, 0.5) is 5.69 Å². The first-order valence-corrected chi connectivity index (χ1v) is 9.23. The third kappa shape index (κ3) is 5.39. The zero-order valence-electron chi connectivity index (χ0n) is 13.5. The molecular weight excluding hydrogens is 390 g/mol. The molecule has 0 fully saturated rings. The van der Waals surface area contributed by atoms with Crippen molar-refractivity contribution in [1.29, 1.82) is 0 Å². The van der Waals surface area contributed by atoms with E-state index in [1.807, 2.05) is 25.1 Å². The van der Waals surface area contributed by atoms with E-state index in [0.717, 1.165) is 14.9 Å². The molecule has 0 aromatic heterocycles. The molecule has 6 heteroatoms. The number of esters is 1. The van der Waals surface area contributed by atoms with Gasteiger partial charge in [0.1, 0.15) is 0 Å². The lowest BCUT2D eigenvalue weighted by atomic mass is 10.2. The zero-order valence-corrected chi connectivity index (χ0v) is 15.9. The molecule has 0 radical (unpaired) electrons. The van der Waals surface area contributed by atoms with Gasteiger partial charge in [-0.05, 0) is 61.9 Å². The lowest BCUT2D eigenvalue weighted by Gasteiger charge is -2.08. The van der Waals surface area contributed by atoms with Crippen LogP contribution in [0, 0.1) is 6.92 Å². The lowest BCUT2D eigenvalue weighted by Crippen LogP contribution is -2.14. The summed E-state index contributed by atoms with van der Waals surface area (Å²) in [5, 5.41) is 2.82. The van der Waals surface area contributed by atoms with Crippen LogP contribution in [0.2, 0.25) is 0 Å². The molecule has 1 amide bonds. The Morgan fingerprint density at radius 3 is 2.50 bits per heavy atom. The van der Waals surface area contributed by atoms with Crippen LogP contribution in [0.25, 0.3) is 0 Å². The highest BCUT2D eigenvalue weighted by Gasteiger charge is 2.08. The molecule has 0 saturated carbocycles. The highest BCUT2D eigenvalue weighted by molar-refractivity contribution is 9.10. The number of hydrogen-bond donors (Lipinski definition) is 1. The summed E-state index contributed by atoms with van der Waals surface area (Å²) in [6.45, 7) is 4.11. The predicted octanol–water partition coefficient (Wildman–Crippen LogP) is 4.67. The average molecular weight is 408 g/mol. The number of aryl methyl sites for hydroxylation is 1. The van der Waals surface area contributed by atoms with E-state index in [2.05, 4.69) is 21.2 Å². The smallest absolute Gasteiger partial charge is 0.338 e. The minimum Gasteiger partial charge on any atom is -0.462 e. The van der Waals surface area contributed by atoms with Crippen LogP contribution in [0.1, 0.15) is 22.8 Å². The number of anilines is 1. The zero-order chi connectivity index (χ0) is 17.5. The minimum atomic E-state index is -0.364. The average Bonchev–Trinajstić information content (AvgIpc) is 2.55. The SMILES string of the molecule is CCOC(=O)c1ccc(NC(=O)CSc2ccc(Br)cc2C)cc1. The van der Waals surface area contributed by atoms with Crippen LogP contribution in [0.3, 0.4) is 0 Å². The van der Waals surface area contributed by atoms with Gasteiger partial charge in [-0.25, -0.2) is 4.79 Å². The topological polar surface area (TPSA) is 55.4 Å². The summed E-state index contributed by atoms with van der Waals surface area (Å²) in [5.41, 5.74) is 2.25. The highest BCUT2D eigenvalue weighted by atomic mass is 79.9. The fraction of sp³-hybridized carbons (Fsp3) is 0.222. The second-order valence-corrected chi connectivity index (χ2v) is 6.98. The van der Waals surface area contributed by atoms with Gasteiger partial charge in [0.2, 0.25) is 5.91 Å². The van der Waals surface area contributed by atoms with E-state index >= 15 is 0 Å². The quantitative estimate of drug-likeness (QED) is 0.558. The highest BCUT2D eigenvalue weighted by Crippen LogP contribution is 2.25. The van der Waals surface area contributed by atoms with E-state index in [4.69, 9.17) is 4.74 Å². The molecule has 2 rings (SSSR count). The number of benzene rings is 2. The van der Waals surface area contributed by atoms with Crippen LogP contribution in [-0.4, -0.2) is 24.2 Å². The van der Waals surface area contributed by atoms with Gasteiger partial charge in [0.15, 0.2) is 0 Å². The van der Waals surface area contributed by atoms with Crippen molar-refractivity contribution in [3.05, 3.63) is 58.1 Å². The molecule has 126 valence electrons. The summed E-state index contributed by atoms with van der Waals surface area (Å²) in [5.74, 6) is -0.134. The number of ether oxygens (including phenoxy) is 1. The summed E-state index contributed by atoms with van der Waals surface area (Å²) < 4.78 is 5.95. The van der Waals surface area contributed by atoms with E-state index in [0.29, 0.717) is 23.6 Å². The molecular formula is C18H18BrNO3S. The van der Waals surface area contributed by atoms with Gasteiger partial charge >= 0.3 is 5.97 Å².